The molecule has 74 valence electrons. The van der Waals surface area contributed by atoms with Crippen molar-refractivity contribution in [2.24, 2.45) is 0 Å². The van der Waals surface area contributed by atoms with Gasteiger partial charge in [0.05, 0.1) is 0 Å². The molecular formula is C5H12ClNO4S. The topological polar surface area (TPSA) is 97.9 Å². The van der Waals surface area contributed by atoms with Gasteiger partial charge in [-0.2, -0.15) is 12.6 Å². The second-order valence-corrected chi connectivity index (χ2v) is 2.14. The first-order valence-corrected chi connectivity index (χ1v) is 3.32. The summed E-state index contributed by atoms with van der Waals surface area (Å²) in [5, 5.41) is 10.6. The molecule has 0 unspecified atom stereocenters. The Balaban J connectivity index is -0.000000405. The van der Waals surface area contributed by atoms with Gasteiger partial charge < -0.3 is 15.9 Å². The van der Waals surface area contributed by atoms with Crippen LogP contribution in [0.5, 0.6) is 0 Å². The second-order valence-electron chi connectivity index (χ2n) is 1.77. The maximum absolute atomic E-state index is 10.3. The Bertz CT molecular complexity index is 154. The first-order chi connectivity index (χ1) is 4.57. The number of nitrogens with one attached hydrogen (secondary N) is 1. The molecule has 0 aromatic rings. The van der Waals surface area contributed by atoms with Gasteiger partial charge >= 0.3 is 5.97 Å². The average Bonchev–Trinajstić information content (AvgIpc) is 1.81. The zero-order chi connectivity index (χ0) is 8.15. The molecule has 4 N–H and O–H groups in total. The predicted molar refractivity (Wildman–Crippen MR) is 50.0 cm³/mol. The molecule has 0 saturated carbocycles. The van der Waals surface area contributed by atoms with Crippen LogP contribution in [-0.4, -0.2) is 34.3 Å². The van der Waals surface area contributed by atoms with Crippen molar-refractivity contribution in [3.8, 4) is 0 Å². The van der Waals surface area contributed by atoms with E-state index in [1.54, 1.807) is 0 Å². The summed E-state index contributed by atoms with van der Waals surface area (Å²) in [6, 6.07) is -0.874. The van der Waals surface area contributed by atoms with Gasteiger partial charge in [0.25, 0.3) is 0 Å². The molecule has 0 aromatic heterocycles. The van der Waals surface area contributed by atoms with Gasteiger partial charge in [-0.05, 0) is 0 Å². The third-order valence-corrected chi connectivity index (χ3v) is 1.22. The van der Waals surface area contributed by atoms with E-state index < -0.39 is 12.0 Å². The van der Waals surface area contributed by atoms with Crippen LogP contribution in [0.25, 0.3) is 0 Å². The Morgan fingerprint density at radius 1 is 1.58 bits per heavy atom. The molecule has 0 aliphatic carbocycles. The van der Waals surface area contributed by atoms with Gasteiger partial charge in [-0.15, -0.1) is 12.4 Å². The van der Waals surface area contributed by atoms with Crippen LogP contribution in [0.4, 0.5) is 0 Å². The summed E-state index contributed by atoms with van der Waals surface area (Å²) in [6.07, 6.45) is 0. The molecule has 7 heteroatoms. The highest BCUT2D eigenvalue weighted by Gasteiger charge is 2.14. The molecule has 0 aliphatic rings. The molecular weight excluding hydrogens is 206 g/mol. The average molecular weight is 218 g/mol. The molecule has 0 rings (SSSR count). The van der Waals surface area contributed by atoms with E-state index in [1.165, 1.54) is 6.92 Å². The fourth-order valence-corrected chi connectivity index (χ4v) is 0.678. The molecule has 0 bridgehead atoms. The molecule has 1 amide bonds. The summed E-state index contributed by atoms with van der Waals surface area (Å²) in [4.78, 5) is 20.5. The van der Waals surface area contributed by atoms with Crippen molar-refractivity contribution in [1.29, 1.82) is 0 Å². The molecule has 0 heterocycles. The smallest absolute Gasteiger partial charge is 0.327 e. The summed E-state index contributed by atoms with van der Waals surface area (Å²) in [5.41, 5.74) is 0. The number of amides is 1. The molecule has 1 atom stereocenters. The van der Waals surface area contributed by atoms with Crippen molar-refractivity contribution in [2.45, 2.75) is 13.0 Å². The minimum absolute atomic E-state index is 0. The van der Waals surface area contributed by atoms with Crippen LogP contribution in [0.15, 0.2) is 0 Å². The normalized spacial score (nSPS) is 10.2. The number of carboxylic acid groups (broad SMARTS) is 1. The quantitative estimate of drug-likeness (QED) is 0.535. The highest BCUT2D eigenvalue weighted by atomic mass is 35.5. The van der Waals surface area contributed by atoms with Gasteiger partial charge in [0.1, 0.15) is 6.04 Å². The SMILES string of the molecule is CC(=O)N[C@@H](CS)C(=O)O.Cl.O. The van der Waals surface area contributed by atoms with Gasteiger partial charge in [-0.3, -0.25) is 4.79 Å². The second kappa shape index (κ2) is 8.63. The highest BCUT2D eigenvalue weighted by Crippen LogP contribution is 1.86. The molecule has 0 aromatic carbocycles. The van der Waals surface area contributed by atoms with Gasteiger partial charge in [-0.1, -0.05) is 0 Å². The molecule has 0 fully saturated rings. The Labute approximate surface area is 81.7 Å². The Hall–Kier alpha value is -0.460. The number of hydrogen-bond donors (Lipinski definition) is 3. The molecule has 0 radical (unpaired) electrons. The lowest BCUT2D eigenvalue weighted by molar-refractivity contribution is -0.140. The van der Waals surface area contributed by atoms with Gasteiger partial charge in [0.2, 0.25) is 5.91 Å². The van der Waals surface area contributed by atoms with E-state index in [1.807, 2.05) is 0 Å². The van der Waals surface area contributed by atoms with Crippen LogP contribution >= 0.6 is 25.0 Å². The van der Waals surface area contributed by atoms with E-state index in [2.05, 4.69) is 17.9 Å². The fourth-order valence-electron chi connectivity index (χ4n) is 0.431. The monoisotopic (exact) mass is 217 g/mol. The molecule has 0 aliphatic heterocycles. The zero-order valence-electron chi connectivity index (χ0n) is 6.40. The van der Waals surface area contributed by atoms with E-state index in [4.69, 9.17) is 5.11 Å². The van der Waals surface area contributed by atoms with Crippen molar-refractivity contribution < 1.29 is 20.2 Å². The van der Waals surface area contributed by atoms with Crippen molar-refractivity contribution >= 4 is 36.9 Å². The number of halogens is 1. The summed E-state index contributed by atoms with van der Waals surface area (Å²) >= 11 is 3.73. The standard InChI is InChI=1S/C5H9NO3S.ClH.H2O/c1-3(7)6-4(2-10)5(8)9;;/h4,10H,2H2,1H3,(H,6,7)(H,8,9);1H;1H2/t4-;;/m0../s1. The lowest BCUT2D eigenvalue weighted by atomic mass is 10.3. The third kappa shape index (κ3) is 7.64. The largest absolute Gasteiger partial charge is 0.480 e. The van der Waals surface area contributed by atoms with Crippen molar-refractivity contribution in [1.82, 2.24) is 5.32 Å². The number of carboxylic acids is 1. The number of rotatable bonds is 3. The summed E-state index contributed by atoms with van der Waals surface area (Å²) in [6.45, 7) is 1.26. The van der Waals surface area contributed by atoms with Crippen LogP contribution in [0.3, 0.4) is 0 Å². The Kier molecular flexibility index (Phi) is 12.6. The fraction of sp³-hybridized carbons (Fsp3) is 0.600. The summed E-state index contributed by atoms with van der Waals surface area (Å²) in [7, 11) is 0. The predicted octanol–water partition coefficient (Wildman–Crippen LogP) is -0.897. The van der Waals surface area contributed by atoms with Gasteiger partial charge in [0.15, 0.2) is 0 Å². The number of hydrogen-bond acceptors (Lipinski definition) is 3. The Morgan fingerprint density at radius 3 is 2.08 bits per heavy atom. The van der Waals surface area contributed by atoms with Crippen LogP contribution in [-0.2, 0) is 9.59 Å². The lowest BCUT2D eigenvalue weighted by Gasteiger charge is -2.08. The third-order valence-electron chi connectivity index (χ3n) is 0.858. The summed E-state index contributed by atoms with van der Waals surface area (Å²) < 4.78 is 0. The summed E-state index contributed by atoms with van der Waals surface area (Å²) in [5.74, 6) is -1.32. The first-order valence-electron chi connectivity index (χ1n) is 2.68. The van der Waals surface area contributed by atoms with Crippen LogP contribution in [0.2, 0.25) is 0 Å². The van der Waals surface area contributed by atoms with Crippen LogP contribution < -0.4 is 5.32 Å². The van der Waals surface area contributed by atoms with Crippen molar-refractivity contribution in [3.05, 3.63) is 0 Å². The molecule has 0 saturated heterocycles. The van der Waals surface area contributed by atoms with E-state index in [-0.39, 0.29) is 29.5 Å². The van der Waals surface area contributed by atoms with Crippen LogP contribution in [0.1, 0.15) is 6.92 Å². The number of thiol groups is 1. The zero-order valence-corrected chi connectivity index (χ0v) is 8.11. The minimum Gasteiger partial charge on any atom is -0.480 e. The van der Waals surface area contributed by atoms with E-state index in [9.17, 15) is 9.59 Å². The minimum atomic E-state index is -1.06. The van der Waals surface area contributed by atoms with Gasteiger partial charge in [-0.25, -0.2) is 4.79 Å². The van der Waals surface area contributed by atoms with Crippen molar-refractivity contribution in [3.63, 3.8) is 0 Å². The van der Waals surface area contributed by atoms with Crippen molar-refractivity contribution in [2.75, 3.05) is 5.75 Å². The molecule has 5 nitrogen and oxygen atoms in total. The number of aliphatic carboxylic acids is 1. The first kappa shape index (κ1) is 17.6. The maximum atomic E-state index is 10.3. The molecule has 12 heavy (non-hydrogen) atoms. The van der Waals surface area contributed by atoms with E-state index >= 15 is 0 Å². The maximum Gasteiger partial charge on any atom is 0.327 e. The lowest BCUT2D eigenvalue weighted by Crippen LogP contribution is -2.40. The molecule has 0 spiro atoms. The van der Waals surface area contributed by atoms with Crippen LogP contribution in [0, 0.1) is 0 Å². The van der Waals surface area contributed by atoms with Gasteiger partial charge in [0, 0.05) is 12.7 Å². The number of carbonyl (C=O) groups excluding carboxylic acids is 1. The highest BCUT2D eigenvalue weighted by molar-refractivity contribution is 7.80. The number of carbonyl (C=O) groups is 2. The van der Waals surface area contributed by atoms with E-state index in [0.29, 0.717) is 0 Å². The Morgan fingerprint density at radius 2 is 2.00 bits per heavy atom. The van der Waals surface area contributed by atoms with E-state index in [0.717, 1.165) is 0 Å².